The van der Waals surface area contributed by atoms with Crippen molar-refractivity contribution in [2.24, 2.45) is 5.92 Å². The van der Waals surface area contributed by atoms with E-state index in [2.05, 4.69) is 10.3 Å². The van der Waals surface area contributed by atoms with E-state index in [4.69, 9.17) is 0 Å². The number of benzene rings is 1. The molecule has 1 aromatic carbocycles. The van der Waals surface area contributed by atoms with Gasteiger partial charge in [0.15, 0.2) is 0 Å². The number of aliphatic carboxylic acids is 1. The van der Waals surface area contributed by atoms with Crippen LogP contribution in [0, 0.1) is 5.92 Å². The van der Waals surface area contributed by atoms with Crippen LogP contribution < -0.4 is 5.32 Å². The highest BCUT2D eigenvalue weighted by atomic mass is 16.4. The third kappa shape index (κ3) is 3.54. The molecule has 0 aliphatic carbocycles. The quantitative estimate of drug-likeness (QED) is 0.849. The van der Waals surface area contributed by atoms with E-state index in [0.29, 0.717) is 18.9 Å². The van der Waals surface area contributed by atoms with Crippen LogP contribution >= 0.6 is 0 Å². The molecule has 0 spiro atoms. The minimum Gasteiger partial charge on any atom is -0.480 e. The average molecular weight is 272 g/mol. The molecule has 0 radical (unpaired) electrons. The Morgan fingerprint density at radius 2 is 2.15 bits per heavy atom. The van der Waals surface area contributed by atoms with E-state index >= 15 is 0 Å². The fourth-order valence-corrected chi connectivity index (χ4v) is 2.32. The lowest BCUT2D eigenvalue weighted by atomic mass is 10.0. The number of carbonyl (C=O) groups is 1. The monoisotopic (exact) mass is 272 g/mol. The SMILES string of the molecule is CC(C)CC(NCc1cccc2cnccc12)C(=O)O. The molecule has 2 N–H and O–H groups in total. The summed E-state index contributed by atoms with van der Waals surface area (Å²) in [5.41, 5.74) is 1.10. The Bertz CT molecular complexity index is 591. The van der Waals surface area contributed by atoms with Crippen LogP contribution in [0.2, 0.25) is 0 Å². The van der Waals surface area contributed by atoms with E-state index in [0.717, 1.165) is 16.3 Å². The van der Waals surface area contributed by atoms with Crippen molar-refractivity contribution in [2.75, 3.05) is 0 Å². The molecule has 1 unspecified atom stereocenters. The average Bonchev–Trinajstić information content (AvgIpc) is 2.42. The van der Waals surface area contributed by atoms with Gasteiger partial charge >= 0.3 is 5.97 Å². The Morgan fingerprint density at radius 1 is 1.35 bits per heavy atom. The summed E-state index contributed by atoms with van der Waals surface area (Å²) in [5, 5.41) is 14.6. The number of aromatic nitrogens is 1. The molecule has 0 saturated heterocycles. The van der Waals surface area contributed by atoms with Gasteiger partial charge in [0.2, 0.25) is 0 Å². The molecule has 1 aromatic heterocycles. The molecule has 0 saturated carbocycles. The van der Waals surface area contributed by atoms with E-state index in [1.807, 2.05) is 44.3 Å². The predicted molar refractivity (Wildman–Crippen MR) is 79.5 cm³/mol. The Hall–Kier alpha value is -1.94. The van der Waals surface area contributed by atoms with Crippen molar-refractivity contribution in [3.05, 3.63) is 42.2 Å². The van der Waals surface area contributed by atoms with Gasteiger partial charge in [-0.25, -0.2) is 0 Å². The molecule has 1 atom stereocenters. The second kappa shape index (κ2) is 6.48. The van der Waals surface area contributed by atoms with Crippen LogP contribution in [0.4, 0.5) is 0 Å². The zero-order valence-corrected chi connectivity index (χ0v) is 11.8. The number of nitrogens with one attached hydrogen (secondary N) is 1. The maximum absolute atomic E-state index is 11.2. The van der Waals surface area contributed by atoms with Gasteiger partial charge in [-0.3, -0.25) is 9.78 Å². The number of hydrogen-bond donors (Lipinski definition) is 2. The highest BCUT2D eigenvalue weighted by Gasteiger charge is 2.18. The summed E-state index contributed by atoms with van der Waals surface area (Å²) in [7, 11) is 0. The summed E-state index contributed by atoms with van der Waals surface area (Å²) in [6.45, 7) is 4.60. The zero-order valence-electron chi connectivity index (χ0n) is 11.8. The van der Waals surface area contributed by atoms with Gasteiger partial charge in [-0.15, -0.1) is 0 Å². The molecular weight excluding hydrogens is 252 g/mol. The van der Waals surface area contributed by atoms with Crippen LogP contribution in [0.15, 0.2) is 36.7 Å². The van der Waals surface area contributed by atoms with Crippen molar-refractivity contribution in [3.8, 4) is 0 Å². The zero-order chi connectivity index (χ0) is 14.5. The summed E-state index contributed by atoms with van der Waals surface area (Å²) in [5.74, 6) is -0.444. The van der Waals surface area contributed by atoms with E-state index in [1.54, 1.807) is 6.20 Å². The third-order valence-corrected chi connectivity index (χ3v) is 3.32. The first kappa shape index (κ1) is 14.5. The molecule has 0 amide bonds. The predicted octanol–water partition coefficient (Wildman–Crippen LogP) is 2.82. The summed E-state index contributed by atoms with van der Waals surface area (Å²) >= 11 is 0. The molecule has 0 aliphatic heterocycles. The normalized spacial score (nSPS) is 12.8. The number of pyridine rings is 1. The van der Waals surface area contributed by atoms with E-state index in [1.165, 1.54) is 0 Å². The molecule has 0 fully saturated rings. The lowest BCUT2D eigenvalue weighted by molar-refractivity contribution is -0.140. The molecule has 2 aromatic rings. The fraction of sp³-hybridized carbons (Fsp3) is 0.375. The molecular formula is C16H20N2O2. The smallest absolute Gasteiger partial charge is 0.320 e. The molecule has 106 valence electrons. The first-order valence-electron chi connectivity index (χ1n) is 6.85. The first-order valence-corrected chi connectivity index (χ1v) is 6.85. The van der Waals surface area contributed by atoms with Crippen LogP contribution in [0.25, 0.3) is 10.8 Å². The highest BCUT2D eigenvalue weighted by molar-refractivity contribution is 5.84. The highest BCUT2D eigenvalue weighted by Crippen LogP contribution is 2.17. The van der Waals surface area contributed by atoms with Gasteiger partial charge < -0.3 is 10.4 Å². The van der Waals surface area contributed by atoms with Crippen molar-refractivity contribution < 1.29 is 9.90 Å². The van der Waals surface area contributed by atoms with Crippen LogP contribution in [0.5, 0.6) is 0 Å². The van der Waals surface area contributed by atoms with Gasteiger partial charge in [0.05, 0.1) is 0 Å². The van der Waals surface area contributed by atoms with Crippen molar-refractivity contribution in [3.63, 3.8) is 0 Å². The molecule has 0 aliphatic rings. The van der Waals surface area contributed by atoms with Crippen LogP contribution in [-0.4, -0.2) is 22.1 Å². The number of carboxylic acid groups (broad SMARTS) is 1. The number of fused-ring (bicyclic) bond motifs is 1. The van der Waals surface area contributed by atoms with E-state index < -0.39 is 12.0 Å². The van der Waals surface area contributed by atoms with Crippen LogP contribution in [0.1, 0.15) is 25.8 Å². The second-order valence-corrected chi connectivity index (χ2v) is 5.42. The first-order chi connectivity index (χ1) is 9.58. The van der Waals surface area contributed by atoms with Gasteiger partial charge in [-0.2, -0.15) is 0 Å². The van der Waals surface area contributed by atoms with E-state index in [9.17, 15) is 9.90 Å². The Balaban J connectivity index is 2.13. The van der Waals surface area contributed by atoms with Gasteiger partial charge in [-0.1, -0.05) is 32.0 Å². The maximum atomic E-state index is 11.2. The lowest BCUT2D eigenvalue weighted by Crippen LogP contribution is -2.37. The molecule has 1 heterocycles. The minimum atomic E-state index is -0.791. The van der Waals surface area contributed by atoms with Crippen molar-refractivity contribution in [1.29, 1.82) is 0 Å². The third-order valence-electron chi connectivity index (χ3n) is 3.32. The standard InChI is InChI=1S/C16H20N2O2/c1-11(2)8-15(16(19)20)18-10-13-5-3-4-12-9-17-7-6-14(12)13/h3-7,9,11,15,18H,8,10H2,1-2H3,(H,19,20). The number of nitrogens with zero attached hydrogens (tertiary/aromatic N) is 1. The fourth-order valence-electron chi connectivity index (χ4n) is 2.32. The lowest BCUT2D eigenvalue weighted by Gasteiger charge is -2.17. The molecule has 4 nitrogen and oxygen atoms in total. The maximum Gasteiger partial charge on any atom is 0.320 e. The Labute approximate surface area is 118 Å². The van der Waals surface area contributed by atoms with Crippen molar-refractivity contribution >= 4 is 16.7 Å². The Kier molecular flexibility index (Phi) is 4.69. The van der Waals surface area contributed by atoms with Gasteiger partial charge in [-0.05, 0) is 29.4 Å². The van der Waals surface area contributed by atoms with Crippen LogP contribution in [0.3, 0.4) is 0 Å². The summed E-state index contributed by atoms with van der Waals surface area (Å²) in [6.07, 6.45) is 4.21. The molecule has 2 rings (SSSR count). The Morgan fingerprint density at radius 3 is 2.85 bits per heavy atom. The van der Waals surface area contributed by atoms with Crippen molar-refractivity contribution in [1.82, 2.24) is 10.3 Å². The topological polar surface area (TPSA) is 62.2 Å². The molecule has 4 heteroatoms. The second-order valence-electron chi connectivity index (χ2n) is 5.42. The van der Waals surface area contributed by atoms with Crippen LogP contribution in [-0.2, 0) is 11.3 Å². The van der Waals surface area contributed by atoms with E-state index in [-0.39, 0.29) is 0 Å². The summed E-state index contributed by atoms with van der Waals surface area (Å²) in [4.78, 5) is 15.3. The molecule has 0 bridgehead atoms. The summed E-state index contributed by atoms with van der Waals surface area (Å²) < 4.78 is 0. The number of rotatable bonds is 6. The number of carboxylic acids is 1. The summed E-state index contributed by atoms with van der Waals surface area (Å²) in [6, 6.07) is 7.45. The van der Waals surface area contributed by atoms with Gasteiger partial charge in [0.25, 0.3) is 0 Å². The minimum absolute atomic E-state index is 0.348. The van der Waals surface area contributed by atoms with Crippen molar-refractivity contribution in [2.45, 2.75) is 32.9 Å². The number of hydrogen-bond acceptors (Lipinski definition) is 3. The largest absolute Gasteiger partial charge is 0.480 e. The van der Waals surface area contributed by atoms with Gasteiger partial charge in [0, 0.05) is 24.3 Å². The van der Waals surface area contributed by atoms with Gasteiger partial charge in [0.1, 0.15) is 6.04 Å². The molecule has 20 heavy (non-hydrogen) atoms.